The second-order valence-corrected chi connectivity index (χ2v) is 9.76. The molecule has 3 aromatic rings. The van der Waals surface area contributed by atoms with E-state index in [1.54, 1.807) is 6.92 Å². The van der Waals surface area contributed by atoms with Gasteiger partial charge in [0.15, 0.2) is 17.1 Å². The van der Waals surface area contributed by atoms with Gasteiger partial charge >= 0.3 is 5.97 Å². The zero-order valence-electron chi connectivity index (χ0n) is 20.8. The van der Waals surface area contributed by atoms with Crippen LogP contribution in [0.1, 0.15) is 63.9 Å². The fraction of sp³-hybridized carbons (Fsp3) is 0.375. The number of carbonyl (C=O) groups excluding carboxylic acids is 3. The van der Waals surface area contributed by atoms with Crippen LogP contribution < -0.4 is 15.8 Å². The highest BCUT2D eigenvalue weighted by atomic mass is 32.2. The Hall–Kier alpha value is -3.38. The second-order valence-electron chi connectivity index (χ2n) is 7.80. The number of carbonyl (C=O) groups is 3. The van der Waals surface area contributed by atoms with E-state index in [4.69, 9.17) is 15.2 Å². The molecule has 0 fully saturated rings. The number of nitrogens with one attached hydrogen (secondary N) is 1. The van der Waals surface area contributed by atoms with Crippen LogP contribution in [-0.2, 0) is 22.5 Å². The number of rotatable bonds is 11. The van der Waals surface area contributed by atoms with Gasteiger partial charge in [-0.05, 0) is 50.5 Å². The molecule has 0 aliphatic heterocycles. The van der Waals surface area contributed by atoms with Crippen molar-refractivity contribution in [3.8, 4) is 5.75 Å². The van der Waals surface area contributed by atoms with Crippen LogP contribution in [0.4, 0.5) is 5.00 Å². The maximum absolute atomic E-state index is 12.7. The van der Waals surface area contributed by atoms with E-state index in [9.17, 15) is 14.4 Å². The van der Waals surface area contributed by atoms with E-state index in [0.29, 0.717) is 23.1 Å². The molecule has 2 aromatic heterocycles. The molecule has 2 heterocycles. The van der Waals surface area contributed by atoms with Gasteiger partial charge in [0.2, 0.25) is 5.91 Å². The van der Waals surface area contributed by atoms with Crippen LogP contribution in [0.3, 0.4) is 0 Å². The minimum Gasteiger partial charge on any atom is -0.483 e. The molecule has 0 bridgehead atoms. The topological polar surface area (TPSA) is 138 Å². The number of esters is 1. The summed E-state index contributed by atoms with van der Waals surface area (Å²) in [5.74, 6) is -0.327. The van der Waals surface area contributed by atoms with Crippen molar-refractivity contribution >= 4 is 45.9 Å². The predicted molar refractivity (Wildman–Crippen MR) is 139 cm³/mol. The zero-order chi connectivity index (χ0) is 26.4. The van der Waals surface area contributed by atoms with Crippen molar-refractivity contribution in [2.24, 2.45) is 5.73 Å². The van der Waals surface area contributed by atoms with Crippen LogP contribution >= 0.6 is 23.1 Å². The highest BCUT2D eigenvalue weighted by molar-refractivity contribution is 7.99. The van der Waals surface area contributed by atoms with Gasteiger partial charge in [0.05, 0.1) is 23.3 Å². The number of methoxy groups -OCH3 is 1. The van der Waals surface area contributed by atoms with Crippen LogP contribution in [-0.4, -0.2) is 45.4 Å². The second kappa shape index (κ2) is 12.0. The van der Waals surface area contributed by atoms with Crippen LogP contribution in [0.2, 0.25) is 0 Å². The number of nitrogens with two attached hydrogens (primary N) is 1. The first-order valence-electron chi connectivity index (χ1n) is 11.3. The number of benzene rings is 1. The molecule has 3 rings (SSSR count). The van der Waals surface area contributed by atoms with Gasteiger partial charge in [-0.15, -0.1) is 21.5 Å². The summed E-state index contributed by atoms with van der Waals surface area (Å²) in [4.78, 5) is 36.8. The average molecular weight is 532 g/mol. The Morgan fingerprint density at radius 1 is 1.19 bits per heavy atom. The summed E-state index contributed by atoms with van der Waals surface area (Å²) in [5, 5.41) is 12.0. The lowest BCUT2D eigenvalue weighted by molar-refractivity contribution is -0.113. The monoisotopic (exact) mass is 531 g/mol. The Morgan fingerprint density at radius 2 is 1.89 bits per heavy atom. The van der Waals surface area contributed by atoms with E-state index in [-0.39, 0.29) is 33.2 Å². The number of amides is 2. The van der Waals surface area contributed by atoms with Crippen molar-refractivity contribution in [1.82, 2.24) is 14.8 Å². The lowest BCUT2D eigenvalue weighted by Gasteiger charge is -2.16. The van der Waals surface area contributed by atoms with Crippen molar-refractivity contribution in [3.05, 3.63) is 51.7 Å². The lowest BCUT2D eigenvalue weighted by Crippen LogP contribution is -2.17. The van der Waals surface area contributed by atoms with E-state index in [1.807, 2.05) is 42.7 Å². The van der Waals surface area contributed by atoms with Gasteiger partial charge in [-0.25, -0.2) is 4.79 Å². The van der Waals surface area contributed by atoms with Gasteiger partial charge in [0.1, 0.15) is 10.8 Å². The molecule has 0 aliphatic carbocycles. The van der Waals surface area contributed by atoms with Gasteiger partial charge in [-0.2, -0.15) is 0 Å². The molecule has 36 heavy (non-hydrogen) atoms. The van der Waals surface area contributed by atoms with Gasteiger partial charge in [0.25, 0.3) is 5.91 Å². The quantitative estimate of drug-likeness (QED) is 0.280. The first kappa shape index (κ1) is 27.2. The number of anilines is 1. The van der Waals surface area contributed by atoms with Crippen LogP contribution in [0, 0.1) is 6.92 Å². The van der Waals surface area contributed by atoms with Crippen LogP contribution in [0.5, 0.6) is 5.75 Å². The highest BCUT2D eigenvalue weighted by Gasteiger charge is 2.26. The van der Waals surface area contributed by atoms with Crippen molar-refractivity contribution < 1.29 is 23.9 Å². The molecule has 10 nitrogen and oxygen atoms in total. The first-order chi connectivity index (χ1) is 17.2. The molecule has 0 spiro atoms. The summed E-state index contributed by atoms with van der Waals surface area (Å²) in [6.45, 7) is 8.13. The van der Waals surface area contributed by atoms with Crippen molar-refractivity contribution in [1.29, 1.82) is 0 Å². The summed E-state index contributed by atoms with van der Waals surface area (Å²) in [6, 6.07) is 7.92. The smallest absolute Gasteiger partial charge is 0.341 e. The van der Waals surface area contributed by atoms with E-state index in [1.165, 1.54) is 24.4 Å². The van der Waals surface area contributed by atoms with E-state index >= 15 is 0 Å². The van der Waals surface area contributed by atoms with Gasteiger partial charge in [-0.1, -0.05) is 30.8 Å². The molecular formula is C24H29N5O5S2. The normalized spacial score (nSPS) is 11.7. The Morgan fingerprint density at radius 3 is 2.47 bits per heavy atom. The molecule has 3 N–H and O–H groups in total. The van der Waals surface area contributed by atoms with Gasteiger partial charge in [-0.3, -0.25) is 9.59 Å². The van der Waals surface area contributed by atoms with Crippen molar-refractivity contribution in [3.63, 3.8) is 0 Å². The highest BCUT2D eigenvalue weighted by Crippen LogP contribution is 2.34. The maximum Gasteiger partial charge on any atom is 0.341 e. The van der Waals surface area contributed by atoms with E-state index in [0.717, 1.165) is 23.5 Å². The van der Waals surface area contributed by atoms with Crippen molar-refractivity contribution in [2.45, 2.75) is 51.9 Å². The van der Waals surface area contributed by atoms with E-state index < -0.39 is 11.9 Å². The molecule has 1 aromatic carbocycles. The number of nitrogens with zero attached hydrogens (tertiary/aromatic N) is 3. The summed E-state index contributed by atoms with van der Waals surface area (Å²) in [5.41, 5.74) is 7.11. The molecule has 0 radical (unpaired) electrons. The fourth-order valence-corrected chi connectivity index (χ4v) is 5.42. The number of hydrogen-bond acceptors (Lipinski definition) is 9. The number of aromatic nitrogens is 3. The third-order valence-corrected chi connectivity index (χ3v) is 7.60. The standard InChI is InChI=1S/C24H29N5O5S2/c1-6-15-8-10-16(11-9-15)34-14(4)21-27-28-24(29(21)7-2)35-12-17(30)26-22-18(23(32)33-5)13(3)19(36-22)20(25)31/h8-11,14H,6-7,12H2,1-5H3,(H2,25,31)(H,26,30). The SMILES string of the molecule is CCc1ccc(OC(C)c2nnc(SCC(=O)Nc3sc(C(N)=O)c(C)c3C(=O)OC)n2CC)cc1. The molecule has 12 heteroatoms. The first-order valence-corrected chi connectivity index (χ1v) is 13.1. The van der Waals surface area contributed by atoms with Crippen LogP contribution in [0.15, 0.2) is 29.4 Å². The number of primary amides is 1. The summed E-state index contributed by atoms with van der Waals surface area (Å²) in [6.07, 6.45) is 0.605. The minimum absolute atomic E-state index is 0.00924. The summed E-state index contributed by atoms with van der Waals surface area (Å²) >= 11 is 2.14. The Kier molecular flexibility index (Phi) is 9.10. The third kappa shape index (κ3) is 6.05. The van der Waals surface area contributed by atoms with Crippen molar-refractivity contribution in [2.75, 3.05) is 18.2 Å². The molecule has 1 atom stereocenters. The summed E-state index contributed by atoms with van der Waals surface area (Å²) < 4.78 is 12.7. The Balaban J connectivity index is 1.69. The number of thioether (sulfide) groups is 1. The number of ether oxygens (including phenoxy) is 2. The van der Waals surface area contributed by atoms with E-state index in [2.05, 4.69) is 22.4 Å². The molecule has 0 aliphatic rings. The van der Waals surface area contributed by atoms with Gasteiger partial charge < -0.3 is 25.1 Å². The fourth-order valence-electron chi connectivity index (χ4n) is 3.54. The number of aryl methyl sites for hydroxylation is 1. The third-order valence-electron chi connectivity index (χ3n) is 5.42. The largest absolute Gasteiger partial charge is 0.483 e. The number of thiophene rings is 1. The summed E-state index contributed by atoms with van der Waals surface area (Å²) in [7, 11) is 1.23. The molecule has 0 saturated carbocycles. The minimum atomic E-state index is -0.682. The molecular weight excluding hydrogens is 502 g/mol. The van der Waals surface area contributed by atoms with Gasteiger partial charge in [0, 0.05) is 6.54 Å². The Labute approximate surface area is 217 Å². The maximum atomic E-state index is 12.7. The lowest BCUT2D eigenvalue weighted by atomic mass is 10.1. The predicted octanol–water partition coefficient (Wildman–Crippen LogP) is 3.99. The molecule has 0 saturated heterocycles. The Bertz CT molecular complexity index is 1250. The molecule has 192 valence electrons. The van der Waals surface area contributed by atoms with Crippen LogP contribution in [0.25, 0.3) is 0 Å². The average Bonchev–Trinajstić information content (AvgIpc) is 3.43. The number of hydrogen-bond donors (Lipinski definition) is 2. The zero-order valence-corrected chi connectivity index (χ0v) is 22.4. The molecule has 1 unspecified atom stereocenters. The molecule has 2 amide bonds.